The molecule has 186 valence electrons. The third kappa shape index (κ3) is 5.90. The number of pyridine rings is 1. The number of carbonyl (C=O) groups is 1. The van der Waals surface area contributed by atoms with E-state index in [4.69, 9.17) is 19.9 Å². The molecule has 0 aliphatic carbocycles. The van der Waals surface area contributed by atoms with E-state index in [0.717, 1.165) is 36.0 Å². The Kier molecular flexibility index (Phi) is 7.03. The molecule has 0 bridgehead atoms. The second-order valence-corrected chi connectivity index (χ2v) is 8.65. The predicted octanol–water partition coefficient (Wildman–Crippen LogP) is 5.69. The number of hydrogen-bond acceptors (Lipinski definition) is 7. The Balaban J connectivity index is 1.27. The van der Waals surface area contributed by atoms with Crippen molar-refractivity contribution in [3.05, 3.63) is 114 Å². The van der Waals surface area contributed by atoms with Crippen LogP contribution in [0.1, 0.15) is 16.7 Å². The maximum absolute atomic E-state index is 11.5. The van der Waals surface area contributed by atoms with Crippen LogP contribution in [-0.2, 0) is 24.4 Å². The molecular formula is C30H27N3O4. The van der Waals surface area contributed by atoms with Crippen LogP contribution in [0.15, 0.2) is 97.7 Å². The van der Waals surface area contributed by atoms with E-state index < -0.39 is 5.97 Å². The van der Waals surface area contributed by atoms with Crippen LogP contribution in [-0.4, -0.2) is 17.5 Å². The topological polar surface area (TPSA) is 86.9 Å². The Morgan fingerprint density at radius 1 is 0.946 bits per heavy atom. The van der Waals surface area contributed by atoms with Gasteiger partial charge in [0.2, 0.25) is 0 Å². The molecule has 0 saturated heterocycles. The molecule has 7 nitrogen and oxygen atoms in total. The van der Waals surface area contributed by atoms with Crippen molar-refractivity contribution in [2.24, 2.45) is 0 Å². The first-order valence-corrected chi connectivity index (χ1v) is 12.0. The first-order valence-electron chi connectivity index (χ1n) is 12.0. The molecule has 7 heteroatoms. The summed E-state index contributed by atoms with van der Waals surface area (Å²) in [4.78, 5) is 18.0. The molecule has 0 atom stereocenters. The summed E-state index contributed by atoms with van der Waals surface area (Å²) in [5.74, 6) is 2.19. The molecule has 1 aliphatic heterocycles. The summed E-state index contributed by atoms with van der Waals surface area (Å²) in [5, 5.41) is 0. The molecule has 0 fully saturated rings. The van der Waals surface area contributed by atoms with Crippen LogP contribution >= 0.6 is 0 Å². The van der Waals surface area contributed by atoms with Crippen molar-refractivity contribution in [1.29, 1.82) is 0 Å². The molecule has 0 unspecified atom stereocenters. The molecule has 0 saturated carbocycles. The quantitative estimate of drug-likeness (QED) is 0.192. The highest BCUT2D eigenvalue weighted by atomic mass is 16.5. The fourth-order valence-corrected chi connectivity index (χ4v) is 4.22. The molecular weight excluding hydrogens is 466 g/mol. The lowest BCUT2D eigenvalue weighted by Crippen LogP contribution is -2.31. The standard InChI is InChI=1S/C30H27N3O4/c1-2-29(34)37-26-10-6-9-25(16-26)36-27-17-28(30(31)32-18-27)33-14-13-22-15-24(12-11-23(22)19-33)35-20-21-7-4-3-5-8-21/h2-12,15-18H,1,13-14,19-20H2,(H2,31,32). The summed E-state index contributed by atoms with van der Waals surface area (Å²) in [6, 6.07) is 25.1. The van der Waals surface area contributed by atoms with Gasteiger partial charge in [-0.25, -0.2) is 9.78 Å². The molecule has 0 radical (unpaired) electrons. The highest BCUT2D eigenvalue weighted by Crippen LogP contribution is 2.34. The fraction of sp³-hybridized carbons (Fsp3) is 0.133. The first-order chi connectivity index (χ1) is 18.1. The molecule has 2 heterocycles. The van der Waals surface area contributed by atoms with E-state index in [2.05, 4.69) is 40.7 Å². The lowest BCUT2D eigenvalue weighted by molar-refractivity contribution is -0.128. The van der Waals surface area contributed by atoms with Gasteiger partial charge in [-0.15, -0.1) is 0 Å². The number of anilines is 2. The number of carbonyl (C=O) groups excluding carboxylic acids is 1. The van der Waals surface area contributed by atoms with E-state index in [1.54, 1.807) is 30.5 Å². The average Bonchev–Trinajstić information content (AvgIpc) is 2.93. The third-order valence-electron chi connectivity index (χ3n) is 6.08. The molecule has 4 aromatic rings. The minimum absolute atomic E-state index is 0.366. The van der Waals surface area contributed by atoms with Gasteiger partial charge in [0.15, 0.2) is 0 Å². The van der Waals surface area contributed by atoms with Crippen LogP contribution in [0.3, 0.4) is 0 Å². The van der Waals surface area contributed by atoms with Gasteiger partial charge in [0, 0.05) is 31.3 Å². The summed E-state index contributed by atoms with van der Waals surface area (Å²) in [6.45, 7) is 5.45. The van der Waals surface area contributed by atoms with Crippen molar-refractivity contribution in [2.45, 2.75) is 19.6 Å². The number of rotatable bonds is 8. The van der Waals surface area contributed by atoms with Crippen LogP contribution in [0, 0.1) is 0 Å². The number of nitrogen functional groups attached to an aromatic ring is 1. The smallest absolute Gasteiger partial charge is 0.335 e. The van der Waals surface area contributed by atoms with Gasteiger partial charge in [-0.1, -0.05) is 49.0 Å². The van der Waals surface area contributed by atoms with Gasteiger partial charge in [-0.05, 0) is 47.4 Å². The zero-order valence-electron chi connectivity index (χ0n) is 20.3. The molecule has 0 spiro atoms. The van der Waals surface area contributed by atoms with Crippen LogP contribution < -0.4 is 24.8 Å². The van der Waals surface area contributed by atoms with Crippen LogP contribution in [0.2, 0.25) is 0 Å². The SMILES string of the molecule is C=CC(=O)Oc1cccc(Oc2cnc(N)c(N3CCc4cc(OCc5ccccc5)ccc4C3)c2)c1. The molecule has 37 heavy (non-hydrogen) atoms. The van der Waals surface area contributed by atoms with Crippen LogP contribution in [0.4, 0.5) is 11.5 Å². The Morgan fingerprint density at radius 3 is 2.62 bits per heavy atom. The molecule has 0 amide bonds. The number of fused-ring (bicyclic) bond motifs is 1. The van der Waals surface area contributed by atoms with Crippen molar-refractivity contribution in [1.82, 2.24) is 4.98 Å². The van der Waals surface area contributed by atoms with Crippen LogP contribution in [0.5, 0.6) is 23.0 Å². The Hall–Kier alpha value is -4.78. The number of nitrogens with two attached hydrogens (primary N) is 1. The minimum atomic E-state index is -0.533. The van der Waals surface area contributed by atoms with Crippen LogP contribution in [0.25, 0.3) is 0 Å². The molecule has 3 aromatic carbocycles. The minimum Gasteiger partial charge on any atom is -0.489 e. The van der Waals surface area contributed by atoms with Gasteiger partial charge in [0.05, 0.1) is 11.9 Å². The van der Waals surface area contributed by atoms with E-state index in [9.17, 15) is 4.79 Å². The van der Waals surface area contributed by atoms with E-state index in [-0.39, 0.29) is 0 Å². The summed E-state index contributed by atoms with van der Waals surface area (Å²) >= 11 is 0. The Labute approximate surface area is 215 Å². The summed E-state index contributed by atoms with van der Waals surface area (Å²) in [6.07, 6.45) is 3.55. The zero-order valence-corrected chi connectivity index (χ0v) is 20.3. The van der Waals surface area contributed by atoms with E-state index in [0.29, 0.717) is 36.2 Å². The molecule has 2 N–H and O–H groups in total. The maximum Gasteiger partial charge on any atom is 0.335 e. The van der Waals surface area contributed by atoms with E-state index in [1.807, 2.05) is 30.3 Å². The van der Waals surface area contributed by atoms with Crippen molar-refractivity contribution >= 4 is 17.5 Å². The predicted molar refractivity (Wildman–Crippen MR) is 143 cm³/mol. The molecule has 1 aromatic heterocycles. The molecule has 5 rings (SSSR count). The lowest BCUT2D eigenvalue weighted by atomic mass is 9.99. The van der Waals surface area contributed by atoms with Crippen molar-refractivity contribution in [3.8, 4) is 23.0 Å². The number of esters is 1. The number of ether oxygens (including phenoxy) is 3. The normalized spacial score (nSPS) is 12.4. The lowest BCUT2D eigenvalue weighted by Gasteiger charge is -2.31. The Bertz CT molecular complexity index is 1420. The van der Waals surface area contributed by atoms with E-state index >= 15 is 0 Å². The van der Waals surface area contributed by atoms with Gasteiger partial charge in [0.1, 0.15) is 35.4 Å². The number of benzene rings is 3. The van der Waals surface area contributed by atoms with Gasteiger partial charge in [0.25, 0.3) is 0 Å². The number of nitrogens with zero attached hydrogens (tertiary/aromatic N) is 2. The maximum atomic E-state index is 11.5. The van der Waals surface area contributed by atoms with Gasteiger partial charge in [-0.2, -0.15) is 0 Å². The number of hydrogen-bond donors (Lipinski definition) is 1. The monoisotopic (exact) mass is 493 g/mol. The van der Waals surface area contributed by atoms with Gasteiger partial charge in [-0.3, -0.25) is 0 Å². The van der Waals surface area contributed by atoms with Gasteiger partial charge < -0.3 is 24.8 Å². The van der Waals surface area contributed by atoms with Crippen molar-refractivity contribution in [2.75, 3.05) is 17.2 Å². The summed E-state index contributed by atoms with van der Waals surface area (Å²) in [7, 11) is 0. The fourth-order valence-electron chi connectivity index (χ4n) is 4.22. The van der Waals surface area contributed by atoms with Crippen molar-refractivity contribution in [3.63, 3.8) is 0 Å². The second-order valence-electron chi connectivity index (χ2n) is 8.65. The van der Waals surface area contributed by atoms with Gasteiger partial charge >= 0.3 is 5.97 Å². The Morgan fingerprint density at radius 2 is 1.78 bits per heavy atom. The number of aromatic nitrogens is 1. The largest absolute Gasteiger partial charge is 0.489 e. The van der Waals surface area contributed by atoms with E-state index in [1.165, 1.54) is 11.1 Å². The summed E-state index contributed by atoms with van der Waals surface area (Å²) < 4.78 is 17.2. The summed E-state index contributed by atoms with van der Waals surface area (Å²) in [5.41, 5.74) is 10.7. The van der Waals surface area contributed by atoms with Crippen molar-refractivity contribution < 1.29 is 19.0 Å². The average molecular weight is 494 g/mol. The first kappa shape index (κ1) is 23.9. The highest BCUT2D eigenvalue weighted by Gasteiger charge is 2.20. The zero-order chi connectivity index (χ0) is 25.6. The molecule has 1 aliphatic rings. The third-order valence-corrected chi connectivity index (χ3v) is 6.08. The second kappa shape index (κ2) is 10.9. The highest BCUT2D eigenvalue weighted by molar-refractivity contribution is 5.83.